The summed E-state index contributed by atoms with van der Waals surface area (Å²) < 4.78 is 5.30. The molecule has 162 valence electrons. The van der Waals surface area contributed by atoms with E-state index in [-0.39, 0.29) is 18.6 Å². The molecule has 2 aliphatic heterocycles. The quantitative estimate of drug-likeness (QED) is 0.356. The number of hydrazone groups is 1. The second-order valence-corrected chi connectivity index (χ2v) is 8.68. The predicted octanol–water partition coefficient (Wildman–Crippen LogP) is 1.84. The van der Waals surface area contributed by atoms with Crippen LogP contribution in [-0.4, -0.2) is 66.7 Å². The number of benzene rings is 1. The van der Waals surface area contributed by atoms with Crippen LogP contribution in [0, 0.1) is 11.5 Å². The highest BCUT2D eigenvalue weighted by Gasteiger charge is 2.38. The third-order valence-electron chi connectivity index (χ3n) is 5.24. The van der Waals surface area contributed by atoms with Crippen LogP contribution in [-0.2, 0) is 16.0 Å². The number of morpholine rings is 1. The van der Waals surface area contributed by atoms with Crippen LogP contribution in [0.15, 0.2) is 46.9 Å². The molecule has 4 rings (SSSR count). The fraction of sp³-hybridized carbons (Fsp3) is 0.381. The van der Waals surface area contributed by atoms with Crippen molar-refractivity contribution in [1.82, 2.24) is 20.5 Å². The van der Waals surface area contributed by atoms with E-state index in [4.69, 9.17) is 21.4 Å². The summed E-state index contributed by atoms with van der Waals surface area (Å²) in [4.78, 5) is 15.6. The summed E-state index contributed by atoms with van der Waals surface area (Å²) in [5, 5.41) is 24.7. The Morgan fingerprint density at radius 2 is 2.19 bits per heavy atom. The van der Waals surface area contributed by atoms with E-state index in [0.717, 1.165) is 17.7 Å². The second kappa shape index (κ2) is 10.1. The average molecular weight is 459 g/mol. The number of hydrogen-bond acceptors (Lipinski definition) is 8. The molecule has 0 saturated carbocycles. The smallest absolute Gasteiger partial charge is 0.249 e. The second-order valence-electron chi connectivity index (χ2n) is 7.21. The van der Waals surface area contributed by atoms with Crippen molar-refractivity contribution in [2.45, 2.75) is 18.8 Å². The van der Waals surface area contributed by atoms with Gasteiger partial charge in [-0.25, -0.2) is 0 Å². The topological polar surface area (TPSA) is 93.0 Å². The molecular weight excluding hydrogens is 436 g/mol. The van der Waals surface area contributed by atoms with Crippen molar-refractivity contribution in [2.24, 2.45) is 5.10 Å². The third-order valence-corrected chi connectivity index (χ3v) is 6.43. The van der Waals surface area contributed by atoms with Gasteiger partial charge in [-0.15, -0.1) is 11.3 Å². The van der Waals surface area contributed by atoms with E-state index in [2.05, 4.69) is 16.7 Å². The van der Waals surface area contributed by atoms with Crippen LogP contribution in [0.3, 0.4) is 0 Å². The lowest BCUT2D eigenvalue weighted by molar-refractivity contribution is -0.144. The maximum atomic E-state index is 12.5. The van der Waals surface area contributed by atoms with Crippen LogP contribution in [0.5, 0.6) is 0 Å². The first kappa shape index (κ1) is 21.6. The molecule has 1 saturated heterocycles. The minimum absolute atomic E-state index is 0.0600. The van der Waals surface area contributed by atoms with Gasteiger partial charge in [0, 0.05) is 28.6 Å². The van der Waals surface area contributed by atoms with Crippen LogP contribution in [0.2, 0.25) is 5.02 Å². The van der Waals surface area contributed by atoms with Gasteiger partial charge in [0.2, 0.25) is 5.91 Å². The van der Waals surface area contributed by atoms with E-state index >= 15 is 0 Å². The molecule has 0 spiro atoms. The summed E-state index contributed by atoms with van der Waals surface area (Å²) >= 11 is 7.76. The van der Waals surface area contributed by atoms with Crippen molar-refractivity contribution < 1.29 is 9.53 Å². The number of rotatable bonds is 8. The molecule has 1 amide bonds. The van der Waals surface area contributed by atoms with Gasteiger partial charge in [0.15, 0.2) is 12.5 Å². The Morgan fingerprint density at radius 1 is 1.35 bits per heavy atom. The van der Waals surface area contributed by atoms with Crippen LogP contribution < -0.4 is 10.6 Å². The molecule has 3 heterocycles. The maximum Gasteiger partial charge on any atom is 0.249 e. The van der Waals surface area contributed by atoms with Gasteiger partial charge < -0.3 is 9.64 Å². The first-order valence-corrected chi connectivity index (χ1v) is 11.3. The van der Waals surface area contributed by atoms with Crippen molar-refractivity contribution in [3.8, 4) is 6.19 Å². The number of carbonyl (C=O) groups excluding carboxylic acids is 1. The Bertz CT molecular complexity index is 959. The predicted molar refractivity (Wildman–Crippen MR) is 120 cm³/mol. The third kappa shape index (κ3) is 5.17. The molecular formula is C21H23ClN6O2S. The number of nitriles is 1. The number of carbonyl (C=O) groups is 1. The van der Waals surface area contributed by atoms with Crippen LogP contribution in [0.1, 0.15) is 10.4 Å². The largest absolute Gasteiger partial charge is 0.370 e. The highest BCUT2D eigenvalue weighted by atomic mass is 35.5. The highest BCUT2D eigenvalue weighted by molar-refractivity contribution is 7.09. The number of amides is 1. The SMILES string of the molecule is N#CNC(NCCc1cccs1)N1CC(N2CCOCC2=O)C(c2ccc(Cl)cc2)=N1. The summed E-state index contributed by atoms with van der Waals surface area (Å²) in [7, 11) is 0. The monoisotopic (exact) mass is 458 g/mol. The van der Waals surface area contributed by atoms with Gasteiger partial charge in [-0.05, 0) is 30.0 Å². The van der Waals surface area contributed by atoms with E-state index < -0.39 is 6.29 Å². The van der Waals surface area contributed by atoms with Crippen molar-refractivity contribution in [2.75, 3.05) is 32.8 Å². The van der Waals surface area contributed by atoms with Gasteiger partial charge in [0.05, 0.1) is 24.9 Å². The molecule has 2 atom stereocenters. The molecule has 1 aromatic carbocycles. The van der Waals surface area contributed by atoms with E-state index in [1.807, 2.05) is 46.8 Å². The maximum absolute atomic E-state index is 12.5. The Balaban J connectivity index is 1.54. The lowest BCUT2D eigenvalue weighted by atomic mass is 10.0. The van der Waals surface area contributed by atoms with Gasteiger partial charge in [0.25, 0.3) is 0 Å². The van der Waals surface area contributed by atoms with Crippen molar-refractivity contribution >= 4 is 34.6 Å². The minimum atomic E-state index is -0.478. The fourth-order valence-electron chi connectivity index (χ4n) is 3.73. The van der Waals surface area contributed by atoms with Gasteiger partial charge in [-0.1, -0.05) is 29.8 Å². The molecule has 2 unspecified atom stereocenters. The zero-order valence-electron chi connectivity index (χ0n) is 16.8. The van der Waals surface area contributed by atoms with Gasteiger partial charge in [0.1, 0.15) is 6.61 Å². The number of hydrogen-bond donors (Lipinski definition) is 2. The highest BCUT2D eigenvalue weighted by Crippen LogP contribution is 2.23. The molecule has 10 heteroatoms. The Labute approximate surface area is 190 Å². The van der Waals surface area contributed by atoms with Gasteiger partial charge in [-0.3, -0.25) is 20.4 Å². The summed E-state index contributed by atoms with van der Waals surface area (Å²) in [6.45, 7) is 2.23. The number of halogens is 1. The zero-order valence-corrected chi connectivity index (χ0v) is 18.4. The molecule has 1 fully saturated rings. The van der Waals surface area contributed by atoms with E-state index in [9.17, 15) is 10.1 Å². The molecule has 0 bridgehead atoms. The number of nitrogens with zero attached hydrogens (tertiary/aromatic N) is 4. The van der Waals surface area contributed by atoms with Crippen LogP contribution >= 0.6 is 22.9 Å². The molecule has 0 aliphatic carbocycles. The molecule has 0 radical (unpaired) electrons. The number of thiophene rings is 1. The lowest BCUT2D eigenvalue weighted by Crippen LogP contribution is -2.55. The average Bonchev–Trinajstić information content (AvgIpc) is 3.44. The van der Waals surface area contributed by atoms with Crippen molar-refractivity contribution in [1.29, 1.82) is 5.26 Å². The van der Waals surface area contributed by atoms with E-state index in [0.29, 0.717) is 31.3 Å². The van der Waals surface area contributed by atoms with Gasteiger partial charge >= 0.3 is 0 Å². The molecule has 31 heavy (non-hydrogen) atoms. The van der Waals surface area contributed by atoms with Crippen molar-refractivity contribution in [3.05, 3.63) is 57.2 Å². The Morgan fingerprint density at radius 3 is 2.90 bits per heavy atom. The van der Waals surface area contributed by atoms with Crippen molar-refractivity contribution in [3.63, 3.8) is 0 Å². The number of ether oxygens (including phenoxy) is 1. The van der Waals surface area contributed by atoms with Gasteiger partial charge in [-0.2, -0.15) is 10.4 Å². The molecule has 1 aromatic heterocycles. The Kier molecular flexibility index (Phi) is 7.04. The summed E-state index contributed by atoms with van der Waals surface area (Å²) in [6.07, 6.45) is 2.39. The lowest BCUT2D eigenvalue weighted by Gasteiger charge is -2.34. The van der Waals surface area contributed by atoms with E-state index in [1.54, 1.807) is 16.3 Å². The Hall–Kier alpha value is -2.64. The van der Waals surface area contributed by atoms with Crippen LogP contribution in [0.4, 0.5) is 0 Å². The molecule has 2 N–H and O–H groups in total. The fourth-order valence-corrected chi connectivity index (χ4v) is 4.56. The first-order chi connectivity index (χ1) is 15.2. The minimum Gasteiger partial charge on any atom is -0.370 e. The zero-order chi connectivity index (χ0) is 21.6. The molecule has 2 aliphatic rings. The molecule has 2 aromatic rings. The standard InChI is InChI=1S/C21H23ClN6O2S/c22-16-5-3-15(4-6-16)20-18(27-9-10-30-13-19(27)29)12-28(26-20)21(25-14-23)24-8-7-17-2-1-11-31-17/h1-6,11,18,21,24-25H,7-10,12-13H2. The first-order valence-electron chi connectivity index (χ1n) is 10.0. The van der Waals surface area contributed by atoms with E-state index in [1.165, 1.54) is 4.88 Å². The summed E-state index contributed by atoms with van der Waals surface area (Å²) in [5.74, 6) is -0.0600. The summed E-state index contributed by atoms with van der Waals surface area (Å²) in [5.41, 5.74) is 1.67. The summed E-state index contributed by atoms with van der Waals surface area (Å²) in [6, 6.07) is 11.3. The van der Waals surface area contributed by atoms with Crippen LogP contribution in [0.25, 0.3) is 0 Å². The number of nitrogens with one attached hydrogen (secondary N) is 2. The molecule has 8 nitrogen and oxygen atoms in total. The normalized spacial score (nSPS) is 19.8.